The Bertz CT molecular complexity index is 948. The number of hydrogen-bond donors (Lipinski definition) is 0. The van der Waals surface area contributed by atoms with E-state index in [1.807, 2.05) is 53.4 Å². The van der Waals surface area contributed by atoms with Gasteiger partial charge >= 0.3 is 0 Å². The highest BCUT2D eigenvalue weighted by atomic mass is 16.5. The molecule has 132 valence electrons. The summed E-state index contributed by atoms with van der Waals surface area (Å²) in [6.45, 7) is 2.07. The van der Waals surface area contributed by atoms with Gasteiger partial charge < -0.3 is 14.2 Å². The number of benzene rings is 2. The summed E-state index contributed by atoms with van der Waals surface area (Å²) >= 11 is 0. The van der Waals surface area contributed by atoms with E-state index < -0.39 is 0 Å². The Balaban J connectivity index is 1.53. The minimum absolute atomic E-state index is 0.0351. The third-order valence-electron chi connectivity index (χ3n) is 4.72. The Morgan fingerprint density at radius 1 is 1.23 bits per heavy atom. The van der Waals surface area contributed by atoms with Gasteiger partial charge in [0, 0.05) is 23.4 Å². The van der Waals surface area contributed by atoms with Crippen LogP contribution in [-0.4, -0.2) is 24.2 Å². The number of nitrogens with zero attached hydrogens (tertiary/aromatic N) is 2. The van der Waals surface area contributed by atoms with Gasteiger partial charge in [-0.25, -0.2) is 0 Å². The summed E-state index contributed by atoms with van der Waals surface area (Å²) in [7, 11) is 1.62. The number of amides is 1. The molecule has 0 saturated carbocycles. The summed E-state index contributed by atoms with van der Waals surface area (Å²) < 4.78 is 10.7. The van der Waals surface area contributed by atoms with Crippen molar-refractivity contribution in [1.82, 2.24) is 5.16 Å². The summed E-state index contributed by atoms with van der Waals surface area (Å²) in [5, 5.41) is 4.08. The molecule has 3 aromatic rings. The number of hydrogen-bond acceptors (Lipinski definition) is 4. The largest absolute Gasteiger partial charge is 0.497 e. The van der Waals surface area contributed by atoms with Crippen LogP contribution in [0.2, 0.25) is 0 Å². The van der Waals surface area contributed by atoms with Crippen molar-refractivity contribution in [2.45, 2.75) is 25.8 Å². The first kappa shape index (κ1) is 16.4. The van der Waals surface area contributed by atoms with Gasteiger partial charge in [0.05, 0.1) is 19.2 Å². The maximum Gasteiger partial charge on any atom is 0.233 e. The second-order valence-corrected chi connectivity index (χ2v) is 6.54. The normalized spacial score (nSPS) is 15.8. The summed E-state index contributed by atoms with van der Waals surface area (Å²) in [5.41, 5.74) is 3.71. The van der Waals surface area contributed by atoms with E-state index in [4.69, 9.17) is 9.26 Å². The molecule has 0 unspecified atom stereocenters. The quantitative estimate of drug-likeness (QED) is 0.718. The molecule has 5 heteroatoms. The minimum atomic E-state index is 0.0351. The predicted molar refractivity (Wildman–Crippen MR) is 99.3 cm³/mol. The number of para-hydroxylation sites is 1. The molecular weight excluding hydrogens is 328 g/mol. The van der Waals surface area contributed by atoms with Crippen molar-refractivity contribution in [1.29, 1.82) is 0 Å². The maximum absolute atomic E-state index is 12.9. The number of ether oxygens (including phenoxy) is 1. The number of fused-ring (bicyclic) bond motifs is 1. The van der Waals surface area contributed by atoms with Gasteiger partial charge in [-0.3, -0.25) is 4.79 Å². The molecule has 5 nitrogen and oxygen atoms in total. The molecule has 2 aromatic carbocycles. The van der Waals surface area contributed by atoms with Crippen molar-refractivity contribution in [3.8, 4) is 17.1 Å². The Kier molecular flexibility index (Phi) is 4.21. The first-order valence-corrected chi connectivity index (χ1v) is 8.65. The zero-order chi connectivity index (χ0) is 18.1. The highest BCUT2D eigenvalue weighted by Gasteiger charge is 2.30. The van der Waals surface area contributed by atoms with E-state index in [-0.39, 0.29) is 18.4 Å². The highest BCUT2D eigenvalue weighted by molar-refractivity contribution is 5.97. The molecule has 1 aliphatic heterocycles. The molecule has 1 aromatic heterocycles. The fourth-order valence-electron chi connectivity index (χ4n) is 3.49. The van der Waals surface area contributed by atoms with Crippen molar-refractivity contribution in [3.05, 3.63) is 65.9 Å². The maximum atomic E-state index is 12.9. The van der Waals surface area contributed by atoms with Gasteiger partial charge in [0.2, 0.25) is 5.91 Å². The molecule has 0 saturated heterocycles. The lowest BCUT2D eigenvalue weighted by Crippen LogP contribution is -2.36. The second-order valence-electron chi connectivity index (χ2n) is 6.54. The molecule has 26 heavy (non-hydrogen) atoms. The monoisotopic (exact) mass is 348 g/mol. The van der Waals surface area contributed by atoms with E-state index in [2.05, 4.69) is 18.1 Å². The number of methoxy groups -OCH3 is 1. The standard InChI is InChI=1S/C21H20N2O3/c1-14-10-15-6-3-4-9-19(15)23(14)21(24)13-17-12-20(26-22-17)16-7-5-8-18(11-16)25-2/h3-9,11-12,14H,10,13H2,1-2H3/t14-/m0/s1. The summed E-state index contributed by atoms with van der Waals surface area (Å²) in [4.78, 5) is 14.7. The van der Waals surface area contributed by atoms with E-state index in [0.29, 0.717) is 11.5 Å². The average molecular weight is 348 g/mol. The van der Waals surface area contributed by atoms with Gasteiger partial charge in [0.25, 0.3) is 0 Å². The van der Waals surface area contributed by atoms with Crippen LogP contribution in [0.5, 0.6) is 5.75 Å². The molecule has 1 amide bonds. The van der Waals surface area contributed by atoms with E-state index in [1.54, 1.807) is 7.11 Å². The van der Waals surface area contributed by atoms with Crippen LogP contribution in [0.25, 0.3) is 11.3 Å². The molecule has 0 aliphatic carbocycles. The molecule has 4 rings (SSSR count). The lowest BCUT2D eigenvalue weighted by Gasteiger charge is -2.22. The van der Waals surface area contributed by atoms with Crippen molar-refractivity contribution in [3.63, 3.8) is 0 Å². The van der Waals surface area contributed by atoms with E-state index in [1.165, 1.54) is 5.56 Å². The molecule has 0 N–H and O–H groups in total. The third kappa shape index (κ3) is 2.96. The zero-order valence-corrected chi connectivity index (χ0v) is 14.8. The molecule has 0 bridgehead atoms. The number of carbonyl (C=O) groups is 1. The highest BCUT2D eigenvalue weighted by Crippen LogP contribution is 2.32. The molecule has 1 aliphatic rings. The Hall–Kier alpha value is -3.08. The van der Waals surface area contributed by atoms with Crippen LogP contribution in [0.4, 0.5) is 5.69 Å². The molecule has 2 heterocycles. The van der Waals surface area contributed by atoms with Gasteiger partial charge in [-0.2, -0.15) is 0 Å². The number of carbonyl (C=O) groups excluding carboxylic acids is 1. The van der Waals surface area contributed by atoms with Gasteiger partial charge in [0.1, 0.15) is 5.75 Å². The smallest absolute Gasteiger partial charge is 0.233 e. The van der Waals surface area contributed by atoms with Crippen LogP contribution in [0.3, 0.4) is 0 Å². The number of aromatic nitrogens is 1. The van der Waals surface area contributed by atoms with Crippen molar-refractivity contribution in [2.75, 3.05) is 12.0 Å². The van der Waals surface area contributed by atoms with Gasteiger partial charge in [-0.05, 0) is 37.1 Å². The van der Waals surface area contributed by atoms with Gasteiger partial charge in [0.15, 0.2) is 5.76 Å². The Morgan fingerprint density at radius 3 is 2.92 bits per heavy atom. The summed E-state index contributed by atoms with van der Waals surface area (Å²) in [6, 6.07) is 17.6. The van der Waals surface area contributed by atoms with Crippen LogP contribution in [0.15, 0.2) is 59.1 Å². The third-order valence-corrected chi connectivity index (χ3v) is 4.72. The summed E-state index contributed by atoms with van der Waals surface area (Å²) in [5.74, 6) is 1.41. The fourth-order valence-corrected chi connectivity index (χ4v) is 3.49. The number of anilines is 1. The SMILES string of the molecule is COc1cccc(-c2cc(CC(=O)N3c4ccccc4C[C@@H]3C)no2)c1. The van der Waals surface area contributed by atoms with Crippen LogP contribution in [0.1, 0.15) is 18.2 Å². The molecule has 0 radical (unpaired) electrons. The lowest BCUT2D eigenvalue weighted by atomic mass is 10.1. The first-order valence-electron chi connectivity index (χ1n) is 8.65. The number of rotatable bonds is 4. The van der Waals surface area contributed by atoms with Crippen LogP contribution < -0.4 is 9.64 Å². The zero-order valence-electron chi connectivity index (χ0n) is 14.8. The lowest BCUT2D eigenvalue weighted by molar-refractivity contribution is -0.118. The van der Waals surface area contributed by atoms with Crippen LogP contribution >= 0.6 is 0 Å². The Labute approximate surface area is 152 Å². The molecule has 1 atom stereocenters. The van der Waals surface area contributed by atoms with Crippen LogP contribution in [-0.2, 0) is 17.6 Å². The molecule has 0 fully saturated rings. The second kappa shape index (κ2) is 6.67. The average Bonchev–Trinajstić information content (AvgIpc) is 3.25. The first-order chi connectivity index (χ1) is 12.7. The van der Waals surface area contributed by atoms with E-state index in [0.717, 1.165) is 23.4 Å². The predicted octanol–water partition coefficient (Wildman–Crippen LogP) is 3.87. The molecular formula is C21H20N2O3. The van der Waals surface area contributed by atoms with Gasteiger partial charge in [-0.1, -0.05) is 35.5 Å². The topological polar surface area (TPSA) is 55.6 Å². The Morgan fingerprint density at radius 2 is 2.08 bits per heavy atom. The van der Waals surface area contributed by atoms with Gasteiger partial charge in [-0.15, -0.1) is 0 Å². The van der Waals surface area contributed by atoms with E-state index >= 15 is 0 Å². The minimum Gasteiger partial charge on any atom is -0.497 e. The molecule has 0 spiro atoms. The van der Waals surface area contributed by atoms with Crippen LogP contribution in [0, 0.1) is 0 Å². The van der Waals surface area contributed by atoms with Crippen molar-refractivity contribution in [2.24, 2.45) is 0 Å². The van der Waals surface area contributed by atoms with Crippen molar-refractivity contribution >= 4 is 11.6 Å². The summed E-state index contributed by atoms with van der Waals surface area (Å²) in [6.07, 6.45) is 1.10. The van der Waals surface area contributed by atoms with E-state index in [9.17, 15) is 4.79 Å². The fraction of sp³-hybridized carbons (Fsp3) is 0.238. The van der Waals surface area contributed by atoms with Crippen molar-refractivity contribution < 1.29 is 14.1 Å².